The maximum Gasteiger partial charge on any atom is 0.223 e. The van der Waals surface area contributed by atoms with Crippen molar-refractivity contribution in [2.75, 3.05) is 6.61 Å². The SMILES string of the molecule is O=C(C[C@H]1OCCc2ccccc21)NCc1ccc(Oc2ccccc2)nc1. The monoisotopic (exact) mass is 374 g/mol. The smallest absolute Gasteiger partial charge is 0.223 e. The van der Waals surface area contributed by atoms with Gasteiger partial charge < -0.3 is 14.8 Å². The fourth-order valence-electron chi connectivity index (χ4n) is 3.27. The van der Waals surface area contributed by atoms with E-state index in [0.717, 1.165) is 23.3 Å². The second kappa shape index (κ2) is 8.67. The van der Waals surface area contributed by atoms with E-state index in [1.807, 2.05) is 54.6 Å². The Balaban J connectivity index is 1.29. The van der Waals surface area contributed by atoms with Crippen LogP contribution < -0.4 is 10.1 Å². The van der Waals surface area contributed by atoms with Crippen molar-refractivity contribution in [2.45, 2.75) is 25.5 Å². The Morgan fingerprint density at radius 2 is 1.89 bits per heavy atom. The van der Waals surface area contributed by atoms with Crippen LogP contribution in [0.3, 0.4) is 0 Å². The van der Waals surface area contributed by atoms with Gasteiger partial charge in [-0.25, -0.2) is 4.98 Å². The number of aromatic nitrogens is 1. The van der Waals surface area contributed by atoms with Crippen LogP contribution in [0.2, 0.25) is 0 Å². The summed E-state index contributed by atoms with van der Waals surface area (Å²) in [6.45, 7) is 1.08. The van der Waals surface area contributed by atoms with E-state index in [4.69, 9.17) is 9.47 Å². The number of hydrogen-bond acceptors (Lipinski definition) is 4. The van der Waals surface area contributed by atoms with Gasteiger partial charge in [-0.15, -0.1) is 0 Å². The second-order valence-corrected chi connectivity index (χ2v) is 6.71. The van der Waals surface area contributed by atoms with Gasteiger partial charge in [0, 0.05) is 18.8 Å². The molecule has 3 aromatic rings. The summed E-state index contributed by atoms with van der Waals surface area (Å²) in [5.74, 6) is 1.23. The minimum Gasteiger partial charge on any atom is -0.439 e. The zero-order valence-electron chi connectivity index (χ0n) is 15.5. The molecule has 0 spiro atoms. The number of carbonyl (C=O) groups is 1. The number of nitrogens with one attached hydrogen (secondary N) is 1. The molecule has 28 heavy (non-hydrogen) atoms. The Hall–Kier alpha value is -3.18. The molecule has 1 aliphatic rings. The molecule has 0 radical (unpaired) electrons. The van der Waals surface area contributed by atoms with E-state index in [2.05, 4.69) is 16.4 Å². The van der Waals surface area contributed by atoms with E-state index in [1.54, 1.807) is 12.3 Å². The molecule has 1 atom stereocenters. The minimum atomic E-state index is -0.176. The number of para-hydroxylation sites is 1. The van der Waals surface area contributed by atoms with Crippen LogP contribution in [0.1, 0.15) is 29.2 Å². The molecule has 0 saturated heterocycles. The normalized spacial score (nSPS) is 15.5. The van der Waals surface area contributed by atoms with Crippen LogP contribution in [-0.2, 0) is 22.5 Å². The molecular formula is C23H22N2O3. The van der Waals surface area contributed by atoms with Crippen molar-refractivity contribution in [1.29, 1.82) is 0 Å². The standard InChI is InChI=1S/C23H22N2O3/c26-22(14-21-20-9-5-4-6-18(20)12-13-27-21)24-15-17-10-11-23(25-16-17)28-19-7-2-1-3-8-19/h1-11,16,21H,12-15H2,(H,24,26)/t21-/m1/s1. The predicted molar refractivity (Wildman–Crippen MR) is 106 cm³/mol. The molecule has 0 bridgehead atoms. The highest BCUT2D eigenvalue weighted by Gasteiger charge is 2.22. The molecule has 1 N–H and O–H groups in total. The first kappa shape index (κ1) is 18.2. The van der Waals surface area contributed by atoms with Crippen LogP contribution in [-0.4, -0.2) is 17.5 Å². The Morgan fingerprint density at radius 3 is 2.71 bits per heavy atom. The van der Waals surface area contributed by atoms with Gasteiger partial charge >= 0.3 is 0 Å². The zero-order valence-corrected chi connectivity index (χ0v) is 15.5. The maximum absolute atomic E-state index is 12.4. The molecule has 1 aromatic heterocycles. The van der Waals surface area contributed by atoms with E-state index >= 15 is 0 Å². The average molecular weight is 374 g/mol. The van der Waals surface area contributed by atoms with Gasteiger partial charge in [0.2, 0.25) is 11.8 Å². The van der Waals surface area contributed by atoms with E-state index in [-0.39, 0.29) is 12.0 Å². The Bertz CT molecular complexity index is 926. The fourth-order valence-corrected chi connectivity index (χ4v) is 3.27. The number of pyridine rings is 1. The number of nitrogens with zero attached hydrogens (tertiary/aromatic N) is 1. The van der Waals surface area contributed by atoms with Crippen molar-refractivity contribution in [3.05, 3.63) is 89.6 Å². The molecule has 5 nitrogen and oxygen atoms in total. The number of amides is 1. The Morgan fingerprint density at radius 1 is 1.07 bits per heavy atom. The summed E-state index contributed by atoms with van der Waals surface area (Å²) >= 11 is 0. The molecule has 0 saturated carbocycles. The van der Waals surface area contributed by atoms with E-state index < -0.39 is 0 Å². The van der Waals surface area contributed by atoms with Crippen LogP contribution in [0, 0.1) is 0 Å². The molecule has 0 aliphatic carbocycles. The third kappa shape index (κ3) is 4.56. The lowest BCUT2D eigenvalue weighted by molar-refractivity contribution is -0.124. The van der Waals surface area contributed by atoms with Gasteiger partial charge in [-0.1, -0.05) is 48.5 Å². The molecule has 5 heteroatoms. The molecular weight excluding hydrogens is 352 g/mol. The van der Waals surface area contributed by atoms with Gasteiger partial charge in [-0.3, -0.25) is 4.79 Å². The van der Waals surface area contributed by atoms with Crippen LogP contribution in [0.25, 0.3) is 0 Å². The van der Waals surface area contributed by atoms with Crippen molar-refractivity contribution in [2.24, 2.45) is 0 Å². The van der Waals surface area contributed by atoms with Gasteiger partial charge in [0.05, 0.1) is 19.1 Å². The number of carbonyl (C=O) groups excluding carboxylic acids is 1. The van der Waals surface area contributed by atoms with E-state index in [9.17, 15) is 4.79 Å². The first-order valence-electron chi connectivity index (χ1n) is 9.42. The van der Waals surface area contributed by atoms with Crippen molar-refractivity contribution in [1.82, 2.24) is 10.3 Å². The molecule has 2 aromatic carbocycles. The predicted octanol–water partition coefficient (Wildman–Crippen LogP) is 4.19. The topological polar surface area (TPSA) is 60.5 Å². The van der Waals surface area contributed by atoms with Gasteiger partial charge in [0.1, 0.15) is 5.75 Å². The lowest BCUT2D eigenvalue weighted by atomic mass is 9.95. The van der Waals surface area contributed by atoms with Gasteiger partial charge in [-0.05, 0) is 35.2 Å². The Kier molecular flexibility index (Phi) is 5.64. The van der Waals surface area contributed by atoms with Gasteiger partial charge in [0.25, 0.3) is 0 Å². The lowest BCUT2D eigenvalue weighted by Crippen LogP contribution is -2.27. The van der Waals surface area contributed by atoms with E-state index in [1.165, 1.54) is 5.56 Å². The first-order valence-corrected chi connectivity index (χ1v) is 9.42. The summed E-state index contributed by atoms with van der Waals surface area (Å²) in [5.41, 5.74) is 3.30. The first-order chi connectivity index (χ1) is 13.8. The molecule has 142 valence electrons. The van der Waals surface area contributed by atoms with Gasteiger partial charge in [0.15, 0.2) is 0 Å². The minimum absolute atomic E-state index is 0.0358. The van der Waals surface area contributed by atoms with Crippen LogP contribution in [0.5, 0.6) is 11.6 Å². The highest BCUT2D eigenvalue weighted by Crippen LogP contribution is 2.29. The van der Waals surface area contributed by atoms with Crippen molar-refractivity contribution in [3.8, 4) is 11.6 Å². The molecule has 4 rings (SSSR count). The van der Waals surface area contributed by atoms with Crippen molar-refractivity contribution in [3.63, 3.8) is 0 Å². The van der Waals surface area contributed by atoms with Crippen molar-refractivity contribution >= 4 is 5.91 Å². The largest absolute Gasteiger partial charge is 0.439 e. The number of fused-ring (bicyclic) bond motifs is 1. The summed E-state index contributed by atoms with van der Waals surface area (Å²) in [5, 5.41) is 2.95. The van der Waals surface area contributed by atoms with Crippen LogP contribution in [0.4, 0.5) is 0 Å². The average Bonchev–Trinajstić information content (AvgIpc) is 2.74. The number of hydrogen-bond donors (Lipinski definition) is 1. The number of benzene rings is 2. The summed E-state index contributed by atoms with van der Waals surface area (Å²) in [6.07, 6.45) is 2.76. The summed E-state index contributed by atoms with van der Waals surface area (Å²) in [6, 6.07) is 21.4. The van der Waals surface area contributed by atoms with Crippen LogP contribution >= 0.6 is 0 Å². The molecule has 2 heterocycles. The maximum atomic E-state index is 12.4. The number of rotatable bonds is 6. The molecule has 0 unspecified atom stereocenters. The Labute approximate surface area is 164 Å². The van der Waals surface area contributed by atoms with Gasteiger partial charge in [-0.2, -0.15) is 0 Å². The van der Waals surface area contributed by atoms with Crippen molar-refractivity contribution < 1.29 is 14.3 Å². The highest BCUT2D eigenvalue weighted by molar-refractivity contribution is 5.76. The number of ether oxygens (including phenoxy) is 2. The molecule has 1 aliphatic heterocycles. The third-order valence-electron chi connectivity index (χ3n) is 4.72. The zero-order chi connectivity index (χ0) is 19.2. The second-order valence-electron chi connectivity index (χ2n) is 6.71. The molecule has 1 amide bonds. The lowest BCUT2D eigenvalue weighted by Gasteiger charge is -2.25. The highest BCUT2D eigenvalue weighted by atomic mass is 16.5. The van der Waals surface area contributed by atoms with E-state index in [0.29, 0.717) is 25.5 Å². The van der Waals surface area contributed by atoms with Crippen LogP contribution in [0.15, 0.2) is 72.9 Å². The molecule has 0 fully saturated rings. The summed E-state index contributed by atoms with van der Waals surface area (Å²) in [7, 11) is 0. The third-order valence-corrected chi connectivity index (χ3v) is 4.72. The summed E-state index contributed by atoms with van der Waals surface area (Å²) < 4.78 is 11.5. The fraction of sp³-hybridized carbons (Fsp3) is 0.217. The summed E-state index contributed by atoms with van der Waals surface area (Å²) in [4.78, 5) is 16.7. The quantitative estimate of drug-likeness (QED) is 0.703.